The first-order chi connectivity index (χ1) is 12.8. The number of aromatic hydroxyl groups is 1. The minimum atomic E-state index is 0.187. The summed E-state index contributed by atoms with van der Waals surface area (Å²) in [6.45, 7) is 4.51. The summed E-state index contributed by atoms with van der Waals surface area (Å²) >= 11 is 0. The summed E-state index contributed by atoms with van der Waals surface area (Å²) in [5.41, 5.74) is 1.28. The summed E-state index contributed by atoms with van der Waals surface area (Å²) in [5.74, 6) is 2.12. The van der Waals surface area contributed by atoms with Crippen LogP contribution < -0.4 is 4.74 Å². The number of para-hydroxylation sites is 3. The van der Waals surface area contributed by atoms with Crippen molar-refractivity contribution in [2.75, 3.05) is 0 Å². The monoisotopic (exact) mass is 354 g/mol. The van der Waals surface area contributed by atoms with Crippen LogP contribution in [0.4, 0.5) is 0 Å². The smallest absolute Gasteiger partial charge is 0.169 e. The molecule has 2 aromatic rings. The van der Waals surface area contributed by atoms with E-state index >= 15 is 0 Å². The number of phenolic OH excluding ortho intramolecular Hbond substituents is 1. The molecule has 1 atom stereocenters. The molecule has 26 heavy (non-hydrogen) atoms. The van der Waals surface area contributed by atoms with Gasteiger partial charge >= 0.3 is 0 Å². The highest BCUT2D eigenvalue weighted by Crippen LogP contribution is 2.38. The van der Waals surface area contributed by atoms with Gasteiger partial charge in [-0.1, -0.05) is 89.1 Å². The third-order valence-electron chi connectivity index (χ3n) is 5.01. The van der Waals surface area contributed by atoms with Crippen LogP contribution in [-0.2, 0) is 0 Å². The summed E-state index contributed by atoms with van der Waals surface area (Å²) in [5, 5.41) is 10.0. The molecule has 2 rings (SSSR count). The van der Waals surface area contributed by atoms with Crippen molar-refractivity contribution < 1.29 is 9.84 Å². The van der Waals surface area contributed by atoms with Crippen LogP contribution in [0, 0.1) is 0 Å². The molecule has 0 amide bonds. The highest BCUT2D eigenvalue weighted by atomic mass is 16.5. The number of phenols is 1. The van der Waals surface area contributed by atoms with Crippen LogP contribution in [-0.4, -0.2) is 5.11 Å². The fourth-order valence-corrected chi connectivity index (χ4v) is 3.47. The summed E-state index contributed by atoms with van der Waals surface area (Å²) in [7, 11) is 0. The van der Waals surface area contributed by atoms with Gasteiger partial charge in [-0.2, -0.15) is 0 Å². The Kier molecular flexibility index (Phi) is 9.09. The molecular weight excluding hydrogens is 320 g/mol. The zero-order valence-corrected chi connectivity index (χ0v) is 16.4. The number of rotatable bonds is 12. The van der Waals surface area contributed by atoms with Gasteiger partial charge < -0.3 is 9.84 Å². The Morgan fingerprint density at radius 1 is 0.731 bits per heavy atom. The van der Waals surface area contributed by atoms with E-state index in [-0.39, 0.29) is 5.75 Å². The molecule has 2 aromatic carbocycles. The van der Waals surface area contributed by atoms with E-state index in [1.807, 2.05) is 30.3 Å². The van der Waals surface area contributed by atoms with Crippen LogP contribution in [0.1, 0.15) is 83.1 Å². The largest absolute Gasteiger partial charge is 0.504 e. The average molecular weight is 355 g/mol. The van der Waals surface area contributed by atoms with Crippen molar-refractivity contribution in [3.63, 3.8) is 0 Å². The molecule has 142 valence electrons. The Bertz CT molecular complexity index is 636. The van der Waals surface area contributed by atoms with E-state index in [0.29, 0.717) is 11.7 Å². The van der Waals surface area contributed by atoms with Gasteiger partial charge in [0.1, 0.15) is 5.75 Å². The van der Waals surface area contributed by atoms with Crippen LogP contribution in [0.5, 0.6) is 17.2 Å². The maximum absolute atomic E-state index is 10.0. The van der Waals surface area contributed by atoms with Crippen molar-refractivity contribution in [3.8, 4) is 17.2 Å². The zero-order valence-electron chi connectivity index (χ0n) is 16.4. The Balaban J connectivity index is 2.12. The lowest BCUT2D eigenvalue weighted by molar-refractivity contribution is 0.402. The molecule has 1 unspecified atom stereocenters. The molecule has 0 fully saturated rings. The molecule has 0 radical (unpaired) electrons. The van der Waals surface area contributed by atoms with E-state index in [2.05, 4.69) is 26.0 Å². The van der Waals surface area contributed by atoms with Crippen LogP contribution in [0.3, 0.4) is 0 Å². The van der Waals surface area contributed by atoms with Crippen molar-refractivity contribution in [3.05, 3.63) is 54.1 Å². The lowest BCUT2D eigenvalue weighted by Crippen LogP contribution is -2.02. The third-order valence-corrected chi connectivity index (χ3v) is 5.01. The van der Waals surface area contributed by atoms with Crippen molar-refractivity contribution in [1.29, 1.82) is 0 Å². The predicted molar refractivity (Wildman–Crippen MR) is 110 cm³/mol. The molecule has 0 aliphatic carbocycles. The molecule has 0 spiro atoms. The first kappa shape index (κ1) is 20.4. The first-order valence-electron chi connectivity index (χ1n) is 10.3. The molecule has 0 aliphatic heterocycles. The molecule has 0 bridgehead atoms. The van der Waals surface area contributed by atoms with E-state index in [1.54, 1.807) is 6.07 Å². The second kappa shape index (κ2) is 11.6. The Morgan fingerprint density at radius 2 is 1.35 bits per heavy atom. The lowest BCUT2D eigenvalue weighted by Gasteiger charge is -2.21. The fourth-order valence-electron chi connectivity index (χ4n) is 3.47. The maximum Gasteiger partial charge on any atom is 0.169 e. The standard InChI is InChI=1S/C24H34O2/c1-3-5-7-8-9-15-20(14-6-4-2)21-16-10-12-18-23(21)26-24-19-13-11-17-22(24)25/h10-13,16-20,25H,3-9,14-15H2,1-2H3. The molecule has 0 aromatic heterocycles. The van der Waals surface area contributed by atoms with E-state index in [4.69, 9.17) is 4.74 Å². The van der Waals surface area contributed by atoms with Gasteiger partial charge in [-0.3, -0.25) is 0 Å². The van der Waals surface area contributed by atoms with E-state index in [9.17, 15) is 5.11 Å². The van der Waals surface area contributed by atoms with Gasteiger partial charge in [-0.25, -0.2) is 0 Å². The van der Waals surface area contributed by atoms with Gasteiger partial charge in [-0.05, 0) is 42.5 Å². The average Bonchev–Trinajstić information content (AvgIpc) is 2.66. The molecule has 1 N–H and O–H groups in total. The molecule has 2 heteroatoms. The number of ether oxygens (including phenoxy) is 1. The van der Waals surface area contributed by atoms with Gasteiger partial charge in [0.25, 0.3) is 0 Å². The minimum Gasteiger partial charge on any atom is -0.504 e. The number of hydrogen-bond acceptors (Lipinski definition) is 2. The van der Waals surface area contributed by atoms with E-state index in [1.165, 1.54) is 63.4 Å². The van der Waals surface area contributed by atoms with Crippen LogP contribution in [0.2, 0.25) is 0 Å². The highest BCUT2D eigenvalue weighted by molar-refractivity contribution is 5.45. The lowest BCUT2D eigenvalue weighted by atomic mass is 9.88. The molecule has 0 saturated heterocycles. The van der Waals surface area contributed by atoms with E-state index in [0.717, 1.165) is 5.75 Å². The normalized spacial score (nSPS) is 12.1. The number of unbranched alkanes of at least 4 members (excludes halogenated alkanes) is 5. The van der Waals surface area contributed by atoms with Crippen LogP contribution >= 0.6 is 0 Å². The van der Waals surface area contributed by atoms with Crippen LogP contribution in [0.25, 0.3) is 0 Å². The van der Waals surface area contributed by atoms with Crippen molar-refractivity contribution >= 4 is 0 Å². The van der Waals surface area contributed by atoms with Crippen molar-refractivity contribution in [1.82, 2.24) is 0 Å². The summed E-state index contributed by atoms with van der Waals surface area (Å²) in [6, 6.07) is 15.5. The summed E-state index contributed by atoms with van der Waals surface area (Å²) < 4.78 is 6.10. The number of benzene rings is 2. The molecular formula is C24H34O2. The van der Waals surface area contributed by atoms with Gasteiger partial charge in [0.15, 0.2) is 11.5 Å². The Labute approximate surface area is 159 Å². The van der Waals surface area contributed by atoms with Crippen molar-refractivity contribution in [2.24, 2.45) is 0 Å². The third kappa shape index (κ3) is 6.40. The van der Waals surface area contributed by atoms with Gasteiger partial charge in [0, 0.05) is 0 Å². The number of hydrogen-bond donors (Lipinski definition) is 1. The topological polar surface area (TPSA) is 29.5 Å². The second-order valence-corrected chi connectivity index (χ2v) is 7.15. The second-order valence-electron chi connectivity index (χ2n) is 7.15. The quantitative estimate of drug-likeness (QED) is 0.394. The molecule has 0 aliphatic rings. The summed E-state index contributed by atoms with van der Waals surface area (Å²) in [4.78, 5) is 0. The Morgan fingerprint density at radius 3 is 2.08 bits per heavy atom. The van der Waals surface area contributed by atoms with E-state index < -0.39 is 0 Å². The SMILES string of the molecule is CCCCCCCC(CCCC)c1ccccc1Oc1ccccc1O. The Hall–Kier alpha value is -1.96. The molecule has 0 saturated carbocycles. The predicted octanol–water partition coefficient (Wildman–Crippen LogP) is 7.82. The van der Waals surface area contributed by atoms with Crippen molar-refractivity contribution in [2.45, 2.75) is 77.6 Å². The molecule has 2 nitrogen and oxygen atoms in total. The summed E-state index contributed by atoms with van der Waals surface area (Å²) in [6.07, 6.45) is 11.4. The van der Waals surface area contributed by atoms with Gasteiger partial charge in [0.2, 0.25) is 0 Å². The fraction of sp³-hybridized carbons (Fsp3) is 0.500. The van der Waals surface area contributed by atoms with Gasteiger partial charge in [-0.15, -0.1) is 0 Å². The maximum atomic E-state index is 10.0. The minimum absolute atomic E-state index is 0.187. The van der Waals surface area contributed by atoms with Gasteiger partial charge in [0.05, 0.1) is 0 Å². The molecule has 0 heterocycles. The zero-order chi connectivity index (χ0) is 18.6. The first-order valence-corrected chi connectivity index (χ1v) is 10.3. The van der Waals surface area contributed by atoms with Crippen LogP contribution in [0.15, 0.2) is 48.5 Å². The highest BCUT2D eigenvalue weighted by Gasteiger charge is 2.17.